The third kappa shape index (κ3) is 76.2. The molecule has 0 aliphatic rings. The molecule has 0 radical (unpaired) electrons. The first-order valence-corrected chi connectivity index (χ1v) is 44.5. The molecule has 0 aliphatic carbocycles. The second-order valence-electron chi connectivity index (χ2n) is 27.7. The summed E-state index contributed by atoms with van der Waals surface area (Å²) in [4.78, 5) is 73.1. The fourth-order valence-corrected chi connectivity index (χ4v) is 12.8. The number of phosphoric ester groups is 2. The maximum Gasteiger partial charge on any atom is 0.472 e. The van der Waals surface area contributed by atoms with Gasteiger partial charge in [-0.25, -0.2) is 9.13 Å². The predicted octanol–water partition coefficient (Wildman–Crippen LogP) is 24.3. The minimum Gasteiger partial charge on any atom is -0.462 e. The first-order valence-electron chi connectivity index (χ1n) is 41.5. The Hall–Kier alpha value is -4.02. The van der Waals surface area contributed by atoms with Crippen molar-refractivity contribution in [3.63, 3.8) is 0 Å². The van der Waals surface area contributed by atoms with Crippen LogP contribution in [-0.2, 0) is 65.4 Å². The molecule has 0 saturated carbocycles. The van der Waals surface area contributed by atoms with Gasteiger partial charge in [0.05, 0.1) is 26.4 Å². The quantitative estimate of drug-likeness (QED) is 0.0169. The largest absolute Gasteiger partial charge is 0.472 e. The molecular formula is C85H150O17P2. The number of hydrogen-bond donors (Lipinski definition) is 3. The summed E-state index contributed by atoms with van der Waals surface area (Å²) >= 11 is 0. The molecule has 5 atom stereocenters. The number of unbranched alkanes of at least 4 members (excludes halogenated alkanes) is 36. The highest BCUT2D eigenvalue weighted by Gasteiger charge is 2.30. The van der Waals surface area contributed by atoms with Gasteiger partial charge < -0.3 is 33.8 Å². The molecule has 0 aliphatic heterocycles. The van der Waals surface area contributed by atoms with E-state index in [0.717, 1.165) is 173 Å². The normalized spacial score (nSPS) is 14.3. The summed E-state index contributed by atoms with van der Waals surface area (Å²) in [5.74, 6) is -2.20. The molecule has 0 bridgehead atoms. The smallest absolute Gasteiger partial charge is 0.462 e. The molecule has 0 fully saturated rings. The minimum atomic E-state index is -4.98. The summed E-state index contributed by atoms with van der Waals surface area (Å²) in [5, 5.41) is 10.7. The number of carbonyl (C=O) groups excluding carboxylic acids is 4. The van der Waals surface area contributed by atoms with Gasteiger partial charge >= 0.3 is 39.5 Å². The molecule has 0 amide bonds. The highest BCUT2D eigenvalue weighted by molar-refractivity contribution is 7.47. The predicted molar refractivity (Wildman–Crippen MR) is 427 cm³/mol. The fraction of sp³-hybridized carbons (Fsp3) is 0.765. The van der Waals surface area contributed by atoms with Gasteiger partial charge in [-0.15, -0.1) is 0 Å². The number of rotatable bonds is 78. The van der Waals surface area contributed by atoms with E-state index in [9.17, 15) is 43.2 Å². The number of aliphatic hydroxyl groups is 1. The summed E-state index contributed by atoms with van der Waals surface area (Å²) < 4.78 is 68.7. The van der Waals surface area contributed by atoms with Crippen LogP contribution in [0, 0.1) is 0 Å². The van der Waals surface area contributed by atoms with Gasteiger partial charge in [0.1, 0.15) is 19.3 Å². The average Bonchev–Trinajstić information content (AvgIpc) is 0.918. The fourth-order valence-electron chi connectivity index (χ4n) is 11.2. The first kappa shape index (κ1) is 100.0. The molecule has 5 unspecified atom stereocenters. The van der Waals surface area contributed by atoms with Crippen molar-refractivity contribution in [1.82, 2.24) is 0 Å². The van der Waals surface area contributed by atoms with Crippen molar-refractivity contribution in [1.29, 1.82) is 0 Å². The van der Waals surface area contributed by atoms with Gasteiger partial charge in [-0.1, -0.05) is 305 Å². The summed E-state index contributed by atoms with van der Waals surface area (Å²) in [6, 6.07) is 0. The third-order valence-corrected chi connectivity index (χ3v) is 19.4. The number of hydrogen-bond acceptors (Lipinski definition) is 15. The Bertz CT molecular complexity index is 2350. The number of esters is 4. The van der Waals surface area contributed by atoms with E-state index in [4.69, 9.17) is 37.0 Å². The van der Waals surface area contributed by atoms with Gasteiger partial charge in [0.25, 0.3) is 0 Å². The topological polar surface area (TPSA) is 237 Å². The van der Waals surface area contributed by atoms with E-state index in [2.05, 4.69) is 125 Å². The highest BCUT2D eigenvalue weighted by Crippen LogP contribution is 2.45. The molecule has 3 N–H and O–H groups in total. The Morgan fingerprint density at radius 2 is 0.500 bits per heavy atom. The Balaban J connectivity index is 5.36. The second-order valence-corrected chi connectivity index (χ2v) is 30.6. The van der Waals surface area contributed by atoms with Crippen LogP contribution >= 0.6 is 15.6 Å². The van der Waals surface area contributed by atoms with E-state index in [1.54, 1.807) is 0 Å². The van der Waals surface area contributed by atoms with Crippen molar-refractivity contribution < 1.29 is 80.2 Å². The van der Waals surface area contributed by atoms with E-state index in [1.807, 2.05) is 0 Å². The van der Waals surface area contributed by atoms with E-state index >= 15 is 0 Å². The number of allylic oxidation sites excluding steroid dienone is 16. The number of aliphatic hydroxyl groups excluding tert-OH is 1. The van der Waals surface area contributed by atoms with Crippen LogP contribution in [-0.4, -0.2) is 96.7 Å². The van der Waals surface area contributed by atoms with E-state index in [0.29, 0.717) is 25.7 Å². The molecule has 0 aromatic rings. The molecular weight excluding hydrogens is 1350 g/mol. The highest BCUT2D eigenvalue weighted by atomic mass is 31.2. The Kier molecular flexibility index (Phi) is 74.2. The lowest BCUT2D eigenvalue weighted by atomic mass is 10.0. The summed E-state index contributed by atoms with van der Waals surface area (Å²) in [6.07, 6.45) is 82.3. The number of ether oxygens (including phenoxy) is 4. The molecule has 104 heavy (non-hydrogen) atoms. The second kappa shape index (κ2) is 77.1. The Morgan fingerprint density at radius 1 is 0.279 bits per heavy atom. The van der Waals surface area contributed by atoms with Crippen molar-refractivity contribution in [2.45, 2.75) is 380 Å². The van der Waals surface area contributed by atoms with Crippen molar-refractivity contribution in [3.05, 3.63) is 97.2 Å². The molecule has 0 saturated heterocycles. The van der Waals surface area contributed by atoms with Gasteiger partial charge in [-0.2, -0.15) is 0 Å². The standard InChI is InChI=1S/C85H150O17P2/c1-5-9-13-17-21-25-29-33-36-38-39-41-44-47-50-54-58-62-66-70-83(88)96-76-81(102-85(90)72-68-64-60-56-52-48-42-35-31-27-23-19-15-11-7-3)78-100-104(93,94)98-74-79(86)73-97-103(91,92)99-77-80(101-84(89)71-67-63-59-55-51-45-32-28-24-20-16-12-8-4)75-95-82(87)69-65-61-57-53-49-46-43-40-37-34-30-26-22-18-14-10-6-2/h10,14,21-22,25-26,33-37,39,41-43,46,79-81,86H,5-9,11-13,15-20,23-24,27-32,38,40,44-45,47-78H2,1-4H3,(H,91,92)(H,93,94)/b14-10-,25-21-,26-22-,36-33-,37-34-,41-39-,42-35-,46-43-. The van der Waals surface area contributed by atoms with Gasteiger partial charge in [-0.3, -0.25) is 37.3 Å². The van der Waals surface area contributed by atoms with Crippen molar-refractivity contribution in [2.24, 2.45) is 0 Å². The van der Waals surface area contributed by atoms with Crippen LogP contribution in [0.25, 0.3) is 0 Å². The monoisotopic (exact) mass is 1510 g/mol. The molecule has 17 nitrogen and oxygen atoms in total. The van der Waals surface area contributed by atoms with Crippen LogP contribution in [0.5, 0.6) is 0 Å². The van der Waals surface area contributed by atoms with Gasteiger partial charge in [0.15, 0.2) is 12.2 Å². The Labute approximate surface area is 633 Å². The minimum absolute atomic E-state index is 0.0829. The zero-order chi connectivity index (χ0) is 76.0. The first-order chi connectivity index (χ1) is 50.7. The molecule has 0 aromatic carbocycles. The van der Waals surface area contributed by atoms with Crippen molar-refractivity contribution in [2.75, 3.05) is 39.6 Å². The average molecular weight is 1510 g/mol. The molecule has 602 valence electrons. The van der Waals surface area contributed by atoms with Crippen molar-refractivity contribution in [3.8, 4) is 0 Å². The lowest BCUT2D eigenvalue weighted by Gasteiger charge is -2.21. The van der Waals surface area contributed by atoms with Crippen LogP contribution in [0.3, 0.4) is 0 Å². The molecule has 0 aromatic heterocycles. The van der Waals surface area contributed by atoms with E-state index < -0.39 is 97.5 Å². The zero-order valence-electron chi connectivity index (χ0n) is 65.9. The lowest BCUT2D eigenvalue weighted by Crippen LogP contribution is -2.30. The zero-order valence-corrected chi connectivity index (χ0v) is 67.7. The van der Waals surface area contributed by atoms with Crippen LogP contribution in [0.15, 0.2) is 97.2 Å². The summed E-state index contributed by atoms with van der Waals surface area (Å²) in [6.45, 7) is 4.74. The molecule has 19 heteroatoms. The Morgan fingerprint density at radius 3 is 0.798 bits per heavy atom. The van der Waals surface area contributed by atoms with Crippen LogP contribution < -0.4 is 0 Å². The third-order valence-electron chi connectivity index (χ3n) is 17.5. The maximum atomic E-state index is 13.1. The lowest BCUT2D eigenvalue weighted by molar-refractivity contribution is -0.161. The van der Waals surface area contributed by atoms with Crippen LogP contribution in [0.2, 0.25) is 0 Å². The molecule has 0 rings (SSSR count). The van der Waals surface area contributed by atoms with E-state index in [1.165, 1.54) is 109 Å². The summed E-state index contributed by atoms with van der Waals surface area (Å²) in [5.41, 5.74) is 0. The van der Waals surface area contributed by atoms with Crippen LogP contribution in [0.4, 0.5) is 0 Å². The molecule has 0 heterocycles. The van der Waals surface area contributed by atoms with Gasteiger partial charge in [0, 0.05) is 25.7 Å². The van der Waals surface area contributed by atoms with Gasteiger partial charge in [-0.05, 0) is 128 Å². The number of phosphoric acid groups is 2. The summed E-state index contributed by atoms with van der Waals surface area (Å²) in [7, 11) is -9.96. The van der Waals surface area contributed by atoms with Crippen LogP contribution in [0.1, 0.15) is 362 Å². The SMILES string of the molecule is CC/C=C\C/C=C\C/C=C\C/C=C\CCCCCCC(=O)OCC(COP(=O)(O)OCC(O)COP(=O)(O)OCC(COC(=O)CCCCCCCC/C=C\C/C=C\C/C=C\CCCCC)OC(=O)CCCCCCC/C=C\CCCCCCCC)OC(=O)CCCCCCCCCCCCCCC. The molecule has 0 spiro atoms. The number of carbonyl (C=O) groups is 4. The van der Waals surface area contributed by atoms with E-state index in [-0.39, 0.29) is 25.7 Å². The maximum absolute atomic E-state index is 13.1. The van der Waals surface area contributed by atoms with Crippen molar-refractivity contribution >= 4 is 39.5 Å². The van der Waals surface area contributed by atoms with Gasteiger partial charge in [0.2, 0.25) is 0 Å².